The second kappa shape index (κ2) is 10.0. The lowest BCUT2D eigenvalue weighted by Gasteiger charge is -2.36. The van der Waals surface area contributed by atoms with E-state index in [1.807, 2.05) is 60.6 Å². The molecule has 9 heteroatoms. The second-order valence-corrected chi connectivity index (χ2v) is 14.1. The molecule has 8 nitrogen and oxygen atoms in total. The Morgan fingerprint density at radius 1 is 1.07 bits per heavy atom. The van der Waals surface area contributed by atoms with Gasteiger partial charge in [-0.3, -0.25) is 14.1 Å². The fourth-order valence-corrected chi connectivity index (χ4v) is 7.18. The van der Waals surface area contributed by atoms with Gasteiger partial charge in [-0.05, 0) is 106 Å². The number of aliphatic carboxylic acids is 1. The third-order valence-corrected chi connectivity index (χ3v) is 8.97. The minimum absolute atomic E-state index is 0.135. The molecular weight excluding hydrogens is 540 g/mol. The molecule has 2 aliphatic heterocycles. The van der Waals surface area contributed by atoms with Crippen molar-refractivity contribution in [1.29, 1.82) is 0 Å². The normalized spacial score (nSPS) is 14.6. The average molecular weight is 579 g/mol. The number of hydrogen-bond donors (Lipinski definition) is 1. The molecule has 2 aromatic carbocycles. The molecule has 1 aromatic heterocycles. The zero-order valence-electron chi connectivity index (χ0n) is 25.1. The molecule has 0 bridgehead atoms. The van der Waals surface area contributed by atoms with E-state index in [4.69, 9.17) is 14.5 Å². The third kappa shape index (κ3) is 5.16. The number of fused-ring (bicyclic) bond motifs is 4. The van der Waals surface area contributed by atoms with Gasteiger partial charge in [0.25, 0.3) is 0 Å². The monoisotopic (exact) mass is 578 g/mol. The van der Waals surface area contributed by atoms with Crippen LogP contribution in [0.2, 0.25) is 0 Å². The number of benzene rings is 2. The van der Waals surface area contributed by atoms with Gasteiger partial charge in [-0.2, -0.15) is 0 Å². The maximum absolute atomic E-state index is 13.2. The van der Waals surface area contributed by atoms with E-state index in [0.717, 1.165) is 57.5 Å². The summed E-state index contributed by atoms with van der Waals surface area (Å²) in [7, 11) is -3.69. The first-order valence-corrected chi connectivity index (χ1v) is 15.7. The molecule has 0 amide bonds. The number of pyridine rings is 1. The third-order valence-electron chi connectivity index (χ3n) is 7.86. The van der Waals surface area contributed by atoms with Crippen LogP contribution < -0.4 is 13.8 Å². The first kappa shape index (κ1) is 28.9. The molecule has 0 atom stereocenters. The summed E-state index contributed by atoms with van der Waals surface area (Å²) in [6, 6.07) is 3.90. The van der Waals surface area contributed by atoms with Crippen LogP contribution in [0.25, 0.3) is 22.4 Å². The van der Waals surface area contributed by atoms with E-state index in [1.165, 1.54) is 10.6 Å². The van der Waals surface area contributed by atoms with Gasteiger partial charge in [-0.25, -0.2) is 8.42 Å². The summed E-state index contributed by atoms with van der Waals surface area (Å²) in [6.45, 7) is 14.4. The number of carbonyl (C=O) groups is 1. The number of nitrogens with zero attached hydrogens (tertiary/aromatic N) is 2. The Morgan fingerprint density at radius 2 is 1.78 bits per heavy atom. The van der Waals surface area contributed by atoms with Gasteiger partial charge >= 0.3 is 5.97 Å². The topological polar surface area (TPSA) is 106 Å². The van der Waals surface area contributed by atoms with Crippen LogP contribution in [0.4, 0.5) is 5.69 Å². The molecule has 0 fully saturated rings. The Hall–Kier alpha value is -3.59. The number of hydrogen-bond acceptors (Lipinski definition) is 6. The van der Waals surface area contributed by atoms with Crippen LogP contribution in [0.3, 0.4) is 0 Å². The number of carboxylic acid groups (broad SMARTS) is 1. The minimum Gasteiger partial charge on any atom is -0.493 e. The Morgan fingerprint density at radius 3 is 2.41 bits per heavy atom. The van der Waals surface area contributed by atoms with Crippen LogP contribution in [0.5, 0.6) is 11.5 Å². The van der Waals surface area contributed by atoms with E-state index in [2.05, 4.69) is 0 Å². The molecule has 2 aliphatic rings. The second-order valence-electron chi connectivity index (χ2n) is 12.2. The molecule has 1 N–H and O–H groups in total. The van der Waals surface area contributed by atoms with E-state index in [1.54, 1.807) is 6.20 Å². The summed E-state index contributed by atoms with van der Waals surface area (Å²) in [5.41, 5.74) is 8.68. The van der Waals surface area contributed by atoms with E-state index < -0.39 is 21.6 Å². The standard InChI is InChI=1S/C32H38N2O6S/c1-17-12-21-16-34(41(8,37)38)31-19(3)23(13-26(35)36)27(20(4)29(31)30(21)33-15-17)28-18(2)22-10-9-11-39-24(22)14-25(28)40-32(5,6)7/h12,14-15H,9-11,13,16H2,1-8H3,(H,35,36). The molecule has 0 unspecified atom stereocenters. The molecular formula is C32H38N2O6S. The highest BCUT2D eigenvalue weighted by Gasteiger charge is 2.36. The number of anilines is 1. The van der Waals surface area contributed by atoms with Crippen molar-refractivity contribution in [3.63, 3.8) is 0 Å². The van der Waals surface area contributed by atoms with Crippen molar-refractivity contribution in [3.05, 3.63) is 57.3 Å². The first-order chi connectivity index (χ1) is 19.1. The van der Waals surface area contributed by atoms with Crippen LogP contribution in [0, 0.1) is 27.7 Å². The summed E-state index contributed by atoms with van der Waals surface area (Å²) < 4.78 is 40.3. The molecule has 0 saturated carbocycles. The van der Waals surface area contributed by atoms with Crippen molar-refractivity contribution in [3.8, 4) is 33.9 Å². The van der Waals surface area contributed by atoms with Crippen molar-refractivity contribution >= 4 is 21.7 Å². The molecule has 3 heterocycles. The first-order valence-electron chi connectivity index (χ1n) is 13.9. The number of aryl methyl sites for hydroxylation is 1. The number of aromatic nitrogens is 1. The highest BCUT2D eigenvalue weighted by Crippen LogP contribution is 2.52. The molecule has 3 aromatic rings. The number of rotatable bonds is 5. The highest BCUT2D eigenvalue weighted by molar-refractivity contribution is 7.92. The number of sulfonamides is 1. The van der Waals surface area contributed by atoms with Gasteiger partial charge in [-0.15, -0.1) is 0 Å². The van der Waals surface area contributed by atoms with Crippen molar-refractivity contribution in [2.75, 3.05) is 17.2 Å². The molecule has 0 radical (unpaired) electrons. The molecule has 5 rings (SSSR count). The summed E-state index contributed by atoms with van der Waals surface area (Å²) in [4.78, 5) is 17.1. The van der Waals surface area contributed by atoms with E-state index in [0.29, 0.717) is 40.4 Å². The lowest BCUT2D eigenvalue weighted by Crippen LogP contribution is -2.34. The quantitative estimate of drug-likeness (QED) is 0.392. The van der Waals surface area contributed by atoms with Crippen molar-refractivity contribution < 1.29 is 27.8 Å². The zero-order chi connectivity index (χ0) is 30.0. The molecule has 0 saturated heterocycles. The highest BCUT2D eigenvalue weighted by atomic mass is 32.2. The van der Waals surface area contributed by atoms with Gasteiger partial charge in [-0.1, -0.05) is 6.07 Å². The summed E-state index contributed by atoms with van der Waals surface area (Å²) >= 11 is 0. The van der Waals surface area contributed by atoms with Crippen LogP contribution in [-0.2, 0) is 34.2 Å². The number of ether oxygens (including phenoxy) is 2. The van der Waals surface area contributed by atoms with Crippen LogP contribution in [0.15, 0.2) is 18.3 Å². The van der Waals surface area contributed by atoms with Crippen LogP contribution in [0.1, 0.15) is 66.1 Å². The van der Waals surface area contributed by atoms with E-state index in [-0.39, 0.29) is 13.0 Å². The zero-order valence-corrected chi connectivity index (χ0v) is 25.9. The summed E-state index contributed by atoms with van der Waals surface area (Å²) in [6.07, 6.45) is 4.42. The lowest BCUT2D eigenvalue weighted by atomic mass is 9.80. The molecule has 0 spiro atoms. The molecule has 41 heavy (non-hydrogen) atoms. The lowest BCUT2D eigenvalue weighted by molar-refractivity contribution is -0.136. The summed E-state index contributed by atoms with van der Waals surface area (Å²) in [5.74, 6) is 0.397. The van der Waals surface area contributed by atoms with E-state index >= 15 is 0 Å². The Bertz CT molecular complexity index is 1700. The molecule has 218 valence electrons. The largest absolute Gasteiger partial charge is 0.493 e. The van der Waals surface area contributed by atoms with Crippen molar-refractivity contribution in [2.24, 2.45) is 0 Å². The van der Waals surface area contributed by atoms with Gasteiger partial charge < -0.3 is 14.6 Å². The fraction of sp³-hybridized carbons (Fsp3) is 0.438. The van der Waals surface area contributed by atoms with Gasteiger partial charge in [0.2, 0.25) is 10.0 Å². The number of carboxylic acids is 1. The summed E-state index contributed by atoms with van der Waals surface area (Å²) in [5, 5.41) is 10.1. The van der Waals surface area contributed by atoms with Gasteiger partial charge in [0, 0.05) is 23.4 Å². The Balaban J connectivity index is 1.97. The Labute approximate surface area is 242 Å². The van der Waals surface area contributed by atoms with Crippen LogP contribution >= 0.6 is 0 Å². The molecule has 0 aliphatic carbocycles. The SMILES string of the molecule is Cc1cnc2c(c1)CN(S(C)(=O)=O)c1c(C)c(CC(=O)O)c(-c3c(OC(C)(C)C)cc4c(c3C)CCCO4)c(C)c1-2. The van der Waals surface area contributed by atoms with Gasteiger partial charge in [0.15, 0.2) is 0 Å². The Kier molecular flexibility index (Phi) is 7.09. The minimum atomic E-state index is -3.69. The average Bonchev–Trinajstić information content (AvgIpc) is 2.85. The maximum atomic E-state index is 13.2. The van der Waals surface area contributed by atoms with Crippen molar-refractivity contribution in [2.45, 2.75) is 79.9 Å². The van der Waals surface area contributed by atoms with Crippen LogP contribution in [-0.4, -0.2) is 42.9 Å². The fourth-order valence-electron chi connectivity index (χ4n) is 6.24. The van der Waals surface area contributed by atoms with Crippen molar-refractivity contribution in [1.82, 2.24) is 4.98 Å². The van der Waals surface area contributed by atoms with Gasteiger partial charge in [0.1, 0.15) is 17.1 Å². The smallest absolute Gasteiger partial charge is 0.307 e. The predicted octanol–water partition coefficient (Wildman–Crippen LogP) is 6.06. The van der Waals surface area contributed by atoms with Gasteiger partial charge in [0.05, 0.1) is 37.2 Å². The van der Waals surface area contributed by atoms with E-state index in [9.17, 15) is 18.3 Å². The maximum Gasteiger partial charge on any atom is 0.307 e. The predicted molar refractivity (Wildman–Crippen MR) is 161 cm³/mol.